The molecule has 0 amide bonds. The van der Waals surface area contributed by atoms with Gasteiger partial charge in [-0.2, -0.15) is 36.1 Å². The third-order valence-electron chi connectivity index (χ3n) is 3.40. The molecule has 0 unspecified atom stereocenters. The van der Waals surface area contributed by atoms with Gasteiger partial charge in [0.05, 0.1) is 29.7 Å². The molecule has 13 heteroatoms. The smallest absolute Gasteiger partial charge is 0.375 e. The molecule has 144 valence electrons. The number of alkyl halides is 6. The number of nitrogens with zero attached hydrogens (tertiary/aromatic N) is 6. The van der Waals surface area contributed by atoms with Crippen LogP contribution in [-0.2, 0) is 19.3 Å². The van der Waals surface area contributed by atoms with E-state index in [1.54, 1.807) is 0 Å². The number of hydrogen-bond donors (Lipinski definition) is 1. The van der Waals surface area contributed by atoms with Crippen LogP contribution < -0.4 is 5.32 Å². The first kappa shape index (κ1) is 18.7. The molecule has 0 aliphatic rings. The van der Waals surface area contributed by atoms with Gasteiger partial charge < -0.3 is 5.32 Å². The standard InChI is InChI=1S/C14H11F6N7/c15-13(16,17)8-26-7-10(5-22-26)21-6-12-23-24-25-27(12)11-3-1-9(2-4-11)14(18,19)20/h1-5,7,21H,6,8H2. The van der Waals surface area contributed by atoms with Crippen LogP contribution >= 0.6 is 0 Å². The molecule has 0 radical (unpaired) electrons. The van der Waals surface area contributed by atoms with E-state index in [0.29, 0.717) is 11.4 Å². The SMILES string of the molecule is FC(F)(F)Cn1cc(NCc2nnnn2-c2ccc(C(F)(F)F)cc2)cn1. The molecule has 1 aromatic carbocycles. The molecule has 7 nitrogen and oxygen atoms in total. The fraction of sp³-hybridized carbons (Fsp3) is 0.286. The summed E-state index contributed by atoms with van der Waals surface area (Å²) in [5.74, 6) is 0.248. The topological polar surface area (TPSA) is 73.5 Å². The van der Waals surface area contributed by atoms with Crippen LogP contribution in [0.3, 0.4) is 0 Å². The zero-order valence-electron chi connectivity index (χ0n) is 13.3. The maximum atomic E-state index is 12.6. The highest BCUT2D eigenvalue weighted by atomic mass is 19.4. The van der Waals surface area contributed by atoms with Crippen molar-refractivity contribution in [1.29, 1.82) is 0 Å². The van der Waals surface area contributed by atoms with Crippen molar-refractivity contribution < 1.29 is 26.3 Å². The summed E-state index contributed by atoms with van der Waals surface area (Å²) in [7, 11) is 0. The number of aromatic nitrogens is 6. The van der Waals surface area contributed by atoms with Gasteiger partial charge in [-0.1, -0.05) is 0 Å². The Bertz CT molecular complexity index is 894. The maximum absolute atomic E-state index is 12.6. The summed E-state index contributed by atoms with van der Waals surface area (Å²) in [6.45, 7) is -1.20. The van der Waals surface area contributed by atoms with E-state index in [-0.39, 0.29) is 12.4 Å². The molecular weight excluding hydrogens is 380 g/mol. The number of halogens is 6. The minimum Gasteiger partial charge on any atom is -0.375 e. The van der Waals surface area contributed by atoms with Gasteiger partial charge in [0.2, 0.25) is 0 Å². The van der Waals surface area contributed by atoms with Crippen LogP contribution in [0.25, 0.3) is 5.69 Å². The second-order valence-electron chi connectivity index (χ2n) is 5.45. The van der Waals surface area contributed by atoms with Crippen LogP contribution in [0.5, 0.6) is 0 Å². The van der Waals surface area contributed by atoms with E-state index >= 15 is 0 Å². The number of tetrazole rings is 1. The highest BCUT2D eigenvalue weighted by Crippen LogP contribution is 2.29. The van der Waals surface area contributed by atoms with Crippen molar-refractivity contribution in [1.82, 2.24) is 30.0 Å². The number of rotatable bonds is 5. The summed E-state index contributed by atoms with van der Waals surface area (Å²) in [6, 6.07) is 4.22. The van der Waals surface area contributed by atoms with E-state index in [4.69, 9.17) is 0 Å². The molecule has 0 atom stereocenters. The van der Waals surface area contributed by atoms with Crippen molar-refractivity contribution in [2.75, 3.05) is 5.32 Å². The third-order valence-corrected chi connectivity index (χ3v) is 3.40. The average molecular weight is 391 g/mol. The Morgan fingerprint density at radius 3 is 2.33 bits per heavy atom. The van der Waals surface area contributed by atoms with Crippen molar-refractivity contribution in [3.63, 3.8) is 0 Å². The summed E-state index contributed by atoms with van der Waals surface area (Å²) in [5.41, 5.74) is -0.199. The second kappa shape index (κ2) is 6.89. The van der Waals surface area contributed by atoms with Gasteiger partial charge in [-0.15, -0.1) is 5.10 Å². The van der Waals surface area contributed by atoms with Gasteiger partial charge >= 0.3 is 12.4 Å². The summed E-state index contributed by atoms with van der Waals surface area (Å²) in [5, 5.41) is 17.3. The number of anilines is 1. The van der Waals surface area contributed by atoms with Crippen molar-refractivity contribution in [3.8, 4) is 5.69 Å². The molecule has 0 saturated heterocycles. The maximum Gasteiger partial charge on any atom is 0.416 e. The van der Waals surface area contributed by atoms with Crippen molar-refractivity contribution >= 4 is 5.69 Å². The molecule has 2 aromatic heterocycles. The van der Waals surface area contributed by atoms with Crippen LogP contribution in [0, 0.1) is 0 Å². The molecule has 3 aromatic rings. The van der Waals surface area contributed by atoms with Crippen LogP contribution in [0.15, 0.2) is 36.7 Å². The molecule has 3 rings (SSSR count). The van der Waals surface area contributed by atoms with Gasteiger partial charge in [0, 0.05) is 6.20 Å². The zero-order valence-corrected chi connectivity index (χ0v) is 13.3. The summed E-state index contributed by atoms with van der Waals surface area (Å²) in [6.07, 6.45) is -6.48. The molecule has 0 saturated carbocycles. The largest absolute Gasteiger partial charge is 0.416 e. The van der Waals surface area contributed by atoms with Crippen molar-refractivity contribution in [2.24, 2.45) is 0 Å². The molecule has 0 aliphatic carbocycles. The zero-order chi connectivity index (χ0) is 19.7. The molecule has 0 fully saturated rings. The Kier molecular flexibility index (Phi) is 4.76. The van der Waals surface area contributed by atoms with Gasteiger partial charge in [-0.3, -0.25) is 4.68 Å². The van der Waals surface area contributed by atoms with Crippen LogP contribution in [0.2, 0.25) is 0 Å². The molecule has 2 heterocycles. The lowest BCUT2D eigenvalue weighted by Gasteiger charge is -2.09. The molecule has 0 bridgehead atoms. The van der Waals surface area contributed by atoms with E-state index in [1.807, 2.05) is 0 Å². The predicted octanol–water partition coefficient (Wildman–Crippen LogP) is 3.05. The lowest BCUT2D eigenvalue weighted by atomic mass is 10.2. The lowest BCUT2D eigenvalue weighted by molar-refractivity contribution is -0.142. The van der Waals surface area contributed by atoms with Gasteiger partial charge in [0.1, 0.15) is 6.54 Å². The van der Waals surface area contributed by atoms with E-state index in [1.165, 1.54) is 29.2 Å². The fourth-order valence-corrected chi connectivity index (χ4v) is 2.21. The minimum atomic E-state index is -4.46. The summed E-state index contributed by atoms with van der Waals surface area (Å²) < 4.78 is 76.8. The molecule has 0 aliphatic heterocycles. The number of hydrogen-bond acceptors (Lipinski definition) is 5. The Morgan fingerprint density at radius 2 is 1.70 bits per heavy atom. The molecule has 0 spiro atoms. The summed E-state index contributed by atoms with van der Waals surface area (Å²) in [4.78, 5) is 0. The van der Waals surface area contributed by atoms with Crippen LogP contribution in [-0.4, -0.2) is 36.2 Å². The fourth-order valence-electron chi connectivity index (χ4n) is 2.21. The first-order chi connectivity index (χ1) is 12.6. The second-order valence-corrected chi connectivity index (χ2v) is 5.45. The minimum absolute atomic E-state index is 0.0196. The predicted molar refractivity (Wildman–Crippen MR) is 79.8 cm³/mol. The van der Waals surface area contributed by atoms with E-state index in [9.17, 15) is 26.3 Å². The highest BCUT2D eigenvalue weighted by molar-refractivity contribution is 5.39. The van der Waals surface area contributed by atoms with Gasteiger partial charge in [-0.05, 0) is 34.7 Å². The van der Waals surface area contributed by atoms with Crippen molar-refractivity contribution in [3.05, 3.63) is 48.0 Å². The van der Waals surface area contributed by atoms with E-state index < -0.39 is 24.5 Å². The van der Waals surface area contributed by atoms with Crippen LogP contribution in [0.4, 0.5) is 32.0 Å². The Morgan fingerprint density at radius 1 is 1.00 bits per heavy atom. The third kappa shape index (κ3) is 4.74. The van der Waals surface area contributed by atoms with Crippen LogP contribution in [0.1, 0.15) is 11.4 Å². The molecule has 27 heavy (non-hydrogen) atoms. The van der Waals surface area contributed by atoms with Gasteiger partial charge in [0.15, 0.2) is 5.82 Å². The Labute approximate surface area is 147 Å². The normalized spacial score (nSPS) is 12.4. The highest BCUT2D eigenvalue weighted by Gasteiger charge is 2.30. The number of nitrogens with one attached hydrogen (secondary N) is 1. The quantitative estimate of drug-likeness (QED) is 0.677. The Hall–Kier alpha value is -3.12. The Balaban J connectivity index is 1.69. The molecule has 1 N–H and O–H groups in total. The summed E-state index contributed by atoms with van der Waals surface area (Å²) >= 11 is 0. The van der Waals surface area contributed by atoms with E-state index in [2.05, 4.69) is 25.9 Å². The van der Waals surface area contributed by atoms with E-state index in [0.717, 1.165) is 16.8 Å². The van der Waals surface area contributed by atoms with Gasteiger partial charge in [-0.25, -0.2) is 0 Å². The first-order valence-corrected chi connectivity index (χ1v) is 7.40. The lowest BCUT2D eigenvalue weighted by Crippen LogP contribution is -2.17. The van der Waals surface area contributed by atoms with Crippen molar-refractivity contribution in [2.45, 2.75) is 25.4 Å². The van der Waals surface area contributed by atoms with Gasteiger partial charge in [0.25, 0.3) is 0 Å². The average Bonchev–Trinajstić information content (AvgIpc) is 3.19. The molecular formula is C14H11F6N7. The monoisotopic (exact) mass is 391 g/mol. The number of benzene rings is 1. The first-order valence-electron chi connectivity index (χ1n) is 7.40.